The molecule has 0 amide bonds. The maximum Gasteiger partial charge on any atom is 0.416 e. The normalized spacial score (nSPS) is 24.4. The molecular formula is C23H21F5. The van der Waals surface area contributed by atoms with E-state index in [1.54, 1.807) is 0 Å². The first-order chi connectivity index (χ1) is 13.3. The van der Waals surface area contributed by atoms with Gasteiger partial charge < -0.3 is 0 Å². The molecule has 0 nitrogen and oxygen atoms in total. The Morgan fingerprint density at radius 3 is 2.36 bits per heavy atom. The standard InChI is InChI=1S/C23H21F5/c1-2-13-3-9-17-15(11-13)6-10-18-19(17)12-20(24)21(22(18)25)14-4-7-16(8-5-14)23(26,27)28/h2,4-5,7-8,12-13,15,17H,1,3,6,9-11H2/t13-,15-,17+/m1/s1. The first-order valence-corrected chi connectivity index (χ1v) is 9.60. The molecule has 0 unspecified atom stereocenters. The maximum atomic E-state index is 15.3. The van der Waals surface area contributed by atoms with Gasteiger partial charge in [0.2, 0.25) is 0 Å². The van der Waals surface area contributed by atoms with Gasteiger partial charge in [-0.05, 0) is 84.7 Å². The zero-order chi connectivity index (χ0) is 20.1. The highest BCUT2D eigenvalue weighted by atomic mass is 19.4. The number of allylic oxidation sites excluding steroid dienone is 1. The van der Waals surface area contributed by atoms with E-state index >= 15 is 4.39 Å². The molecule has 4 rings (SSSR count). The number of fused-ring (bicyclic) bond motifs is 3. The van der Waals surface area contributed by atoms with Crippen molar-refractivity contribution >= 4 is 0 Å². The highest BCUT2D eigenvalue weighted by molar-refractivity contribution is 5.67. The second kappa shape index (κ2) is 7.02. The number of benzene rings is 2. The van der Waals surface area contributed by atoms with Crippen molar-refractivity contribution in [1.29, 1.82) is 0 Å². The van der Waals surface area contributed by atoms with Gasteiger partial charge in [-0.1, -0.05) is 18.2 Å². The average molecular weight is 392 g/mol. The number of rotatable bonds is 2. The minimum absolute atomic E-state index is 0.128. The number of hydrogen-bond donors (Lipinski definition) is 0. The molecule has 0 heterocycles. The minimum atomic E-state index is -4.48. The van der Waals surface area contributed by atoms with E-state index < -0.39 is 23.4 Å². The molecule has 0 radical (unpaired) electrons. The van der Waals surface area contributed by atoms with Crippen molar-refractivity contribution in [2.24, 2.45) is 11.8 Å². The summed E-state index contributed by atoms with van der Waals surface area (Å²) in [7, 11) is 0. The van der Waals surface area contributed by atoms with Gasteiger partial charge in [0.25, 0.3) is 0 Å². The van der Waals surface area contributed by atoms with Crippen LogP contribution in [0.4, 0.5) is 22.0 Å². The van der Waals surface area contributed by atoms with E-state index in [2.05, 4.69) is 6.58 Å². The molecule has 3 atom stereocenters. The molecular weight excluding hydrogens is 371 g/mol. The first kappa shape index (κ1) is 19.2. The van der Waals surface area contributed by atoms with Gasteiger partial charge in [-0.3, -0.25) is 0 Å². The zero-order valence-electron chi connectivity index (χ0n) is 15.3. The van der Waals surface area contributed by atoms with Crippen LogP contribution in [0.3, 0.4) is 0 Å². The Hall–Kier alpha value is -2.17. The predicted molar refractivity (Wildman–Crippen MR) is 98.9 cm³/mol. The Balaban J connectivity index is 1.72. The smallest absolute Gasteiger partial charge is 0.206 e. The maximum absolute atomic E-state index is 15.3. The van der Waals surface area contributed by atoms with Crippen LogP contribution in [0.2, 0.25) is 0 Å². The van der Waals surface area contributed by atoms with Crippen molar-refractivity contribution in [2.75, 3.05) is 0 Å². The second-order valence-electron chi connectivity index (χ2n) is 7.90. The third-order valence-corrected chi connectivity index (χ3v) is 6.38. The predicted octanol–water partition coefficient (Wildman–Crippen LogP) is 7.28. The summed E-state index contributed by atoms with van der Waals surface area (Å²) in [6.45, 7) is 3.87. The molecule has 28 heavy (non-hydrogen) atoms. The van der Waals surface area contributed by atoms with Gasteiger partial charge in [-0.15, -0.1) is 6.58 Å². The summed E-state index contributed by atoms with van der Waals surface area (Å²) < 4.78 is 68.4. The molecule has 0 aromatic heterocycles. The molecule has 2 aliphatic rings. The Morgan fingerprint density at radius 2 is 1.71 bits per heavy atom. The summed E-state index contributed by atoms with van der Waals surface area (Å²) in [6.07, 6.45) is 1.71. The third kappa shape index (κ3) is 3.25. The Labute approximate surface area is 161 Å². The summed E-state index contributed by atoms with van der Waals surface area (Å²) in [4.78, 5) is 0. The van der Waals surface area contributed by atoms with Crippen LogP contribution < -0.4 is 0 Å². The molecule has 0 N–H and O–H groups in total. The lowest BCUT2D eigenvalue weighted by Gasteiger charge is -2.40. The summed E-state index contributed by atoms with van der Waals surface area (Å²) in [5.74, 6) is -0.323. The van der Waals surface area contributed by atoms with E-state index in [9.17, 15) is 17.6 Å². The van der Waals surface area contributed by atoms with Crippen LogP contribution in [0, 0.1) is 23.5 Å². The van der Waals surface area contributed by atoms with Crippen LogP contribution >= 0.6 is 0 Å². The van der Waals surface area contributed by atoms with Crippen molar-refractivity contribution in [3.63, 3.8) is 0 Å². The van der Waals surface area contributed by atoms with Crippen molar-refractivity contribution < 1.29 is 22.0 Å². The topological polar surface area (TPSA) is 0 Å². The largest absolute Gasteiger partial charge is 0.416 e. The van der Waals surface area contributed by atoms with Gasteiger partial charge >= 0.3 is 6.18 Å². The highest BCUT2D eigenvalue weighted by Crippen LogP contribution is 2.49. The van der Waals surface area contributed by atoms with Gasteiger partial charge in [-0.25, -0.2) is 8.78 Å². The lowest BCUT2D eigenvalue weighted by molar-refractivity contribution is -0.137. The van der Waals surface area contributed by atoms with Gasteiger partial charge in [0.1, 0.15) is 11.6 Å². The van der Waals surface area contributed by atoms with Crippen LogP contribution in [0.15, 0.2) is 43.0 Å². The first-order valence-electron chi connectivity index (χ1n) is 9.60. The molecule has 0 spiro atoms. The van der Waals surface area contributed by atoms with Gasteiger partial charge in [0.15, 0.2) is 0 Å². The quantitative estimate of drug-likeness (QED) is 0.372. The third-order valence-electron chi connectivity index (χ3n) is 6.38. The lowest BCUT2D eigenvalue weighted by Crippen LogP contribution is -2.28. The van der Waals surface area contributed by atoms with Crippen molar-refractivity contribution in [3.05, 3.63) is 71.3 Å². The number of hydrogen-bond acceptors (Lipinski definition) is 0. The van der Waals surface area contributed by atoms with Crippen molar-refractivity contribution in [3.8, 4) is 11.1 Å². The molecule has 148 valence electrons. The molecule has 2 aromatic carbocycles. The lowest BCUT2D eigenvalue weighted by atomic mass is 9.65. The van der Waals surface area contributed by atoms with E-state index in [-0.39, 0.29) is 17.0 Å². The summed E-state index contributed by atoms with van der Waals surface area (Å²) >= 11 is 0. The van der Waals surface area contributed by atoms with Crippen LogP contribution in [-0.4, -0.2) is 0 Å². The average Bonchev–Trinajstić information content (AvgIpc) is 2.67. The molecule has 2 aromatic rings. The van der Waals surface area contributed by atoms with E-state index in [0.29, 0.717) is 23.8 Å². The fraction of sp³-hybridized carbons (Fsp3) is 0.391. The van der Waals surface area contributed by atoms with Gasteiger partial charge in [-0.2, -0.15) is 13.2 Å². The van der Waals surface area contributed by atoms with Crippen LogP contribution in [0.25, 0.3) is 11.1 Å². The van der Waals surface area contributed by atoms with Crippen LogP contribution in [0.5, 0.6) is 0 Å². The highest BCUT2D eigenvalue weighted by Gasteiger charge is 2.37. The Morgan fingerprint density at radius 1 is 1.00 bits per heavy atom. The molecule has 0 saturated heterocycles. The summed E-state index contributed by atoms with van der Waals surface area (Å²) in [5.41, 5.74) is 0.324. The molecule has 1 saturated carbocycles. The fourth-order valence-electron chi connectivity index (χ4n) is 4.93. The van der Waals surface area contributed by atoms with Gasteiger partial charge in [0.05, 0.1) is 11.1 Å². The molecule has 0 bridgehead atoms. The monoisotopic (exact) mass is 392 g/mol. The molecule has 0 aliphatic heterocycles. The second-order valence-corrected chi connectivity index (χ2v) is 7.90. The number of halogens is 5. The zero-order valence-corrected chi connectivity index (χ0v) is 15.3. The van der Waals surface area contributed by atoms with E-state index in [0.717, 1.165) is 55.5 Å². The SMILES string of the molecule is C=C[C@@H]1CC[C@@H]2c3cc(F)c(-c4ccc(C(F)(F)F)cc4)c(F)c3CC[C@@H]2C1. The van der Waals surface area contributed by atoms with Gasteiger partial charge in [0, 0.05) is 0 Å². The molecule has 5 heteroatoms. The summed E-state index contributed by atoms with van der Waals surface area (Å²) in [5, 5.41) is 0. The Kier molecular flexibility index (Phi) is 4.80. The molecule has 2 aliphatic carbocycles. The summed E-state index contributed by atoms with van der Waals surface area (Å²) in [6, 6.07) is 5.41. The molecule has 1 fully saturated rings. The van der Waals surface area contributed by atoms with E-state index in [1.807, 2.05) is 6.08 Å². The van der Waals surface area contributed by atoms with E-state index in [1.165, 1.54) is 6.07 Å². The van der Waals surface area contributed by atoms with Crippen molar-refractivity contribution in [1.82, 2.24) is 0 Å². The fourth-order valence-corrected chi connectivity index (χ4v) is 4.93. The van der Waals surface area contributed by atoms with E-state index in [4.69, 9.17) is 0 Å². The van der Waals surface area contributed by atoms with Crippen molar-refractivity contribution in [2.45, 2.75) is 44.2 Å². The minimum Gasteiger partial charge on any atom is -0.206 e. The van der Waals surface area contributed by atoms with Crippen LogP contribution in [-0.2, 0) is 12.6 Å². The van der Waals surface area contributed by atoms with Crippen LogP contribution in [0.1, 0.15) is 48.3 Å². The number of alkyl halides is 3. The Bertz CT molecular complexity index is 895.